The highest BCUT2D eigenvalue weighted by Crippen LogP contribution is 2.55. The average Bonchev–Trinajstić information content (AvgIpc) is 3.60. The van der Waals surface area contributed by atoms with Crippen LogP contribution in [0.2, 0.25) is 0 Å². The summed E-state index contributed by atoms with van der Waals surface area (Å²) in [6.45, 7) is 4.64. The van der Waals surface area contributed by atoms with E-state index in [0.29, 0.717) is 0 Å². The second-order valence-corrected chi connectivity index (χ2v) is 14.7. The predicted molar refractivity (Wildman–Crippen MR) is 177 cm³/mol. The van der Waals surface area contributed by atoms with Gasteiger partial charge < -0.3 is 9.13 Å². The monoisotopic (exact) mass is 557 g/mol. The molecule has 0 saturated heterocycles. The summed E-state index contributed by atoms with van der Waals surface area (Å²) in [5.74, 6) is 0. The van der Waals surface area contributed by atoms with Crippen molar-refractivity contribution in [3.63, 3.8) is 0 Å². The van der Waals surface area contributed by atoms with Crippen LogP contribution in [0.1, 0.15) is 25.0 Å². The molecule has 1 unspecified atom stereocenters. The maximum atomic E-state index is 15.6. The second-order valence-electron chi connectivity index (χ2n) is 12.1. The Morgan fingerprint density at radius 1 is 0.571 bits per heavy atom. The van der Waals surface area contributed by atoms with Crippen LogP contribution >= 0.6 is 7.14 Å². The summed E-state index contributed by atoms with van der Waals surface area (Å²) in [6, 6.07) is 47.1. The van der Waals surface area contributed by atoms with E-state index in [-0.39, 0.29) is 5.41 Å². The highest BCUT2D eigenvalue weighted by atomic mass is 31.2. The van der Waals surface area contributed by atoms with E-state index < -0.39 is 7.14 Å². The molecule has 0 fully saturated rings. The van der Waals surface area contributed by atoms with Crippen molar-refractivity contribution in [1.82, 2.24) is 4.57 Å². The lowest BCUT2D eigenvalue weighted by atomic mass is 9.82. The third-order valence-electron chi connectivity index (χ3n) is 9.60. The van der Waals surface area contributed by atoms with Gasteiger partial charge in [0.15, 0.2) is 7.14 Å². The largest absolute Gasteiger partial charge is 0.309 e. The highest BCUT2D eigenvalue weighted by molar-refractivity contribution is 7.86. The number of para-hydroxylation sites is 1. The Morgan fingerprint density at radius 2 is 1.26 bits per heavy atom. The van der Waals surface area contributed by atoms with E-state index in [2.05, 4.69) is 115 Å². The number of nitrogens with zero attached hydrogens (tertiary/aromatic N) is 1. The number of rotatable bonds is 2. The SMILES string of the molecule is CC1(C)c2ccccc2-c2cc(-n3c4ccccc4c4c5c(ccc43)-c3ccccc3P5(=O)c3ccccc3)ccc21. The topological polar surface area (TPSA) is 22.0 Å². The van der Waals surface area contributed by atoms with Gasteiger partial charge in [0.25, 0.3) is 0 Å². The van der Waals surface area contributed by atoms with Crippen molar-refractivity contribution in [2.75, 3.05) is 0 Å². The van der Waals surface area contributed by atoms with Crippen molar-refractivity contribution in [2.45, 2.75) is 19.3 Å². The van der Waals surface area contributed by atoms with E-state index in [0.717, 1.165) is 54.5 Å². The average molecular weight is 558 g/mol. The minimum Gasteiger partial charge on any atom is -0.309 e. The van der Waals surface area contributed by atoms with Crippen LogP contribution in [-0.4, -0.2) is 4.57 Å². The fraction of sp³-hybridized carbons (Fsp3) is 0.0769. The maximum absolute atomic E-state index is 15.6. The van der Waals surface area contributed by atoms with Crippen LogP contribution in [0.25, 0.3) is 49.7 Å². The molecule has 2 nitrogen and oxygen atoms in total. The first-order valence-corrected chi connectivity index (χ1v) is 16.3. The molecule has 1 atom stereocenters. The molecule has 1 aliphatic heterocycles. The van der Waals surface area contributed by atoms with Crippen LogP contribution in [0.3, 0.4) is 0 Å². The summed E-state index contributed by atoms with van der Waals surface area (Å²) in [5.41, 5.74) is 10.8. The number of fused-ring (bicyclic) bond motifs is 10. The molecule has 0 N–H and O–H groups in total. The smallest absolute Gasteiger partial charge is 0.172 e. The van der Waals surface area contributed by atoms with E-state index in [1.807, 2.05) is 36.4 Å². The molecule has 0 radical (unpaired) electrons. The van der Waals surface area contributed by atoms with Crippen LogP contribution < -0.4 is 15.9 Å². The van der Waals surface area contributed by atoms with Gasteiger partial charge in [-0.2, -0.15) is 0 Å². The molecular formula is C39H28NOP. The Kier molecular flexibility index (Phi) is 4.69. The lowest BCUT2D eigenvalue weighted by Crippen LogP contribution is -2.21. The maximum Gasteiger partial charge on any atom is 0.172 e. The van der Waals surface area contributed by atoms with E-state index in [4.69, 9.17) is 0 Å². The molecule has 3 heteroatoms. The zero-order valence-corrected chi connectivity index (χ0v) is 24.4. The molecular weight excluding hydrogens is 529 g/mol. The van der Waals surface area contributed by atoms with Gasteiger partial charge in [0.2, 0.25) is 0 Å². The minimum absolute atomic E-state index is 0.0415. The summed E-state index contributed by atoms with van der Waals surface area (Å²) in [5, 5.41) is 5.01. The van der Waals surface area contributed by atoms with E-state index in [9.17, 15) is 0 Å². The van der Waals surface area contributed by atoms with Crippen molar-refractivity contribution < 1.29 is 4.57 Å². The van der Waals surface area contributed by atoms with E-state index >= 15 is 4.57 Å². The van der Waals surface area contributed by atoms with Crippen LogP contribution in [0, 0.1) is 0 Å². The van der Waals surface area contributed by atoms with Gasteiger partial charge in [0.05, 0.1) is 11.0 Å². The standard InChI is InChI=1S/C39H28NOP/c1-39(2)32-17-9-6-14-27(32)31-24-25(20-22-33(31)39)40-34-18-10-7-16-30(34)37-35(40)23-21-29-28-15-8-11-19-36(28)42(41,38(29)37)26-12-4-3-5-13-26/h3-24H,1-2H3. The molecule has 2 aliphatic rings. The number of benzene rings is 6. The van der Waals surface area contributed by atoms with Gasteiger partial charge >= 0.3 is 0 Å². The number of hydrogen-bond donors (Lipinski definition) is 0. The third kappa shape index (κ3) is 2.88. The zero-order valence-electron chi connectivity index (χ0n) is 23.5. The Bertz CT molecular complexity index is 2310. The van der Waals surface area contributed by atoms with Crippen molar-refractivity contribution in [3.05, 3.63) is 145 Å². The second kappa shape index (κ2) is 8.22. The first-order valence-electron chi connectivity index (χ1n) is 14.6. The Balaban J connectivity index is 1.39. The van der Waals surface area contributed by atoms with Crippen LogP contribution in [0.5, 0.6) is 0 Å². The summed E-state index contributed by atoms with van der Waals surface area (Å²) in [6.07, 6.45) is 0. The normalized spacial score (nSPS) is 17.7. The first-order chi connectivity index (χ1) is 20.5. The van der Waals surface area contributed by atoms with Gasteiger partial charge in [0, 0.05) is 37.8 Å². The van der Waals surface area contributed by atoms with Crippen molar-refractivity contribution >= 4 is 44.9 Å². The van der Waals surface area contributed by atoms with Crippen LogP contribution in [-0.2, 0) is 9.98 Å². The predicted octanol–water partition coefficient (Wildman–Crippen LogP) is 8.71. The molecule has 9 rings (SSSR count). The minimum atomic E-state index is -3.12. The quantitative estimate of drug-likeness (QED) is 0.195. The molecule has 7 aromatic rings. The molecule has 1 aliphatic carbocycles. The molecule has 1 aromatic heterocycles. The van der Waals surface area contributed by atoms with Gasteiger partial charge in [-0.3, -0.25) is 0 Å². The molecule has 6 aromatic carbocycles. The molecule has 2 heterocycles. The lowest BCUT2D eigenvalue weighted by Gasteiger charge is -2.21. The molecule has 42 heavy (non-hydrogen) atoms. The third-order valence-corrected chi connectivity index (χ3v) is 12.8. The highest BCUT2D eigenvalue weighted by Gasteiger charge is 2.42. The molecule has 0 bridgehead atoms. The fourth-order valence-electron chi connectivity index (χ4n) is 7.71. The van der Waals surface area contributed by atoms with Crippen LogP contribution in [0.4, 0.5) is 0 Å². The van der Waals surface area contributed by atoms with Crippen molar-refractivity contribution in [2.24, 2.45) is 0 Å². The molecule has 0 saturated carbocycles. The van der Waals surface area contributed by atoms with Gasteiger partial charge in [-0.05, 0) is 57.6 Å². The van der Waals surface area contributed by atoms with Gasteiger partial charge in [-0.25, -0.2) is 0 Å². The van der Waals surface area contributed by atoms with Crippen molar-refractivity contribution in [3.8, 4) is 27.9 Å². The summed E-state index contributed by atoms with van der Waals surface area (Å²) < 4.78 is 18.0. The summed E-state index contributed by atoms with van der Waals surface area (Å²) >= 11 is 0. The first kappa shape index (κ1) is 24.0. The number of hydrogen-bond acceptors (Lipinski definition) is 1. The lowest BCUT2D eigenvalue weighted by molar-refractivity contribution is 0.593. The van der Waals surface area contributed by atoms with E-state index in [1.165, 1.54) is 22.3 Å². The Morgan fingerprint density at radius 3 is 2.12 bits per heavy atom. The van der Waals surface area contributed by atoms with Gasteiger partial charge in [-0.1, -0.05) is 123 Å². The zero-order chi connectivity index (χ0) is 28.2. The Labute approximate surface area is 245 Å². The van der Waals surface area contributed by atoms with Crippen molar-refractivity contribution in [1.29, 1.82) is 0 Å². The molecule has 200 valence electrons. The van der Waals surface area contributed by atoms with Gasteiger partial charge in [0.1, 0.15) is 0 Å². The summed E-state index contributed by atoms with van der Waals surface area (Å²) in [7, 11) is -3.12. The fourth-order valence-corrected chi connectivity index (χ4v) is 11.0. The van der Waals surface area contributed by atoms with Gasteiger partial charge in [-0.15, -0.1) is 0 Å². The summed E-state index contributed by atoms with van der Waals surface area (Å²) in [4.78, 5) is 0. The number of aromatic nitrogens is 1. The molecule has 0 amide bonds. The van der Waals surface area contributed by atoms with Crippen LogP contribution in [0.15, 0.2) is 133 Å². The Hall–Kier alpha value is -4.65. The van der Waals surface area contributed by atoms with E-state index in [1.54, 1.807) is 0 Å². The molecule has 0 spiro atoms.